The van der Waals surface area contributed by atoms with E-state index in [0.29, 0.717) is 24.1 Å². The van der Waals surface area contributed by atoms with Gasteiger partial charge in [-0.05, 0) is 42.2 Å². The summed E-state index contributed by atoms with van der Waals surface area (Å²) in [5.74, 6) is -0.585. The summed E-state index contributed by atoms with van der Waals surface area (Å²) in [4.78, 5) is 30.7. The van der Waals surface area contributed by atoms with E-state index >= 15 is 0 Å². The maximum absolute atomic E-state index is 13.0. The van der Waals surface area contributed by atoms with E-state index in [9.17, 15) is 33.0 Å². The number of nitrogens with one attached hydrogen (secondary N) is 1. The Bertz CT molecular complexity index is 1290. The van der Waals surface area contributed by atoms with E-state index in [1.54, 1.807) is 30.5 Å². The number of unbranched alkanes of at least 4 members (excludes halogenated alkanes) is 1. The Morgan fingerprint density at radius 2 is 1.78 bits per heavy atom. The second kappa shape index (κ2) is 13.2. The highest BCUT2D eigenvalue weighted by Gasteiger charge is 2.40. The molecule has 2 N–H and O–H groups in total. The molecule has 2 heterocycles. The fourth-order valence-corrected chi connectivity index (χ4v) is 4.57. The molecular weight excluding hydrogens is 539 g/mol. The lowest BCUT2D eigenvalue weighted by atomic mass is 9.83. The van der Waals surface area contributed by atoms with Crippen molar-refractivity contribution >= 4 is 17.8 Å². The summed E-state index contributed by atoms with van der Waals surface area (Å²) in [6.45, 7) is 7.42. The van der Waals surface area contributed by atoms with Crippen molar-refractivity contribution in [3.8, 4) is 11.3 Å². The van der Waals surface area contributed by atoms with Crippen LogP contribution in [0.4, 0.5) is 23.8 Å². The number of carbonyl (C=O) groups is 2. The molecule has 41 heavy (non-hydrogen) atoms. The van der Waals surface area contributed by atoms with Crippen LogP contribution in [-0.4, -0.2) is 55.0 Å². The molecule has 0 saturated heterocycles. The van der Waals surface area contributed by atoms with Gasteiger partial charge in [0.25, 0.3) is 5.91 Å². The predicted octanol–water partition coefficient (Wildman–Crippen LogP) is 4.58. The van der Waals surface area contributed by atoms with Crippen LogP contribution >= 0.6 is 0 Å². The van der Waals surface area contributed by atoms with Crippen molar-refractivity contribution in [2.75, 3.05) is 5.32 Å². The van der Waals surface area contributed by atoms with Gasteiger partial charge in [0.15, 0.2) is 6.10 Å². The molecule has 3 rings (SSSR count). The highest BCUT2D eigenvalue weighted by atomic mass is 19.4. The molecule has 0 saturated carbocycles. The fraction of sp³-hybridized carbons (Fsp3) is 0.448. The van der Waals surface area contributed by atoms with Crippen molar-refractivity contribution in [1.29, 1.82) is 0 Å². The van der Waals surface area contributed by atoms with Crippen molar-refractivity contribution in [3.05, 3.63) is 66.5 Å². The van der Waals surface area contributed by atoms with Crippen LogP contribution in [0.5, 0.6) is 0 Å². The van der Waals surface area contributed by atoms with Crippen molar-refractivity contribution in [3.63, 3.8) is 0 Å². The van der Waals surface area contributed by atoms with Crippen LogP contribution in [0.1, 0.15) is 52.5 Å². The highest BCUT2D eigenvalue weighted by Crippen LogP contribution is 2.32. The van der Waals surface area contributed by atoms with Crippen molar-refractivity contribution in [2.45, 2.75) is 77.9 Å². The van der Waals surface area contributed by atoms with Gasteiger partial charge in [-0.1, -0.05) is 58.7 Å². The molecule has 3 atom stereocenters. The standard InChI is InChI=1S/C29H36F3N5O4/c1-5-6-9-22(25(38)26(39)34-24-10-7-8-16-33-24)37(27(40)41)23(28(2,3)4)18-36-17-15-21(35-36)19-11-13-20(14-12-19)29(30,31)32/h7-8,10-17,22-23,25,38H,5-6,9,18H2,1-4H3,(H,40,41)(H,33,34,39)/p-1/t22-,23+,25+/m0/s1. The minimum absolute atomic E-state index is 0.0370. The summed E-state index contributed by atoms with van der Waals surface area (Å²) in [6, 6.07) is 9.16. The van der Waals surface area contributed by atoms with E-state index < -0.39 is 47.3 Å². The average Bonchev–Trinajstić information content (AvgIpc) is 3.38. The lowest BCUT2D eigenvalue weighted by Crippen LogP contribution is -2.62. The number of carbonyl (C=O) groups excluding carboxylic acids is 2. The molecule has 12 heteroatoms. The molecule has 0 aliphatic rings. The Morgan fingerprint density at radius 1 is 1.10 bits per heavy atom. The summed E-state index contributed by atoms with van der Waals surface area (Å²) in [5, 5.41) is 30.8. The number of anilines is 1. The van der Waals surface area contributed by atoms with Crippen molar-refractivity contribution in [1.82, 2.24) is 19.7 Å². The molecule has 0 unspecified atom stereocenters. The number of aliphatic hydroxyl groups excluding tert-OH is 1. The number of carboxylic acid groups (broad SMARTS) is 1. The van der Waals surface area contributed by atoms with Gasteiger partial charge >= 0.3 is 6.18 Å². The number of pyridine rings is 1. The smallest absolute Gasteiger partial charge is 0.416 e. The molecule has 3 aromatic rings. The Labute approximate surface area is 237 Å². The van der Waals surface area contributed by atoms with E-state index in [1.165, 1.54) is 23.0 Å². The number of halogens is 3. The first-order valence-corrected chi connectivity index (χ1v) is 13.3. The van der Waals surface area contributed by atoms with Gasteiger partial charge in [0.2, 0.25) is 0 Å². The Balaban J connectivity index is 1.91. The summed E-state index contributed by atoms with van der Waals surface area (Å²) in [5.41, 5.74) is -0.601. The molecule has 2 aromatic heterocycles. The molecule has 0 aliphatic carbocycles. The largest absolute Gasteiger partial charge is 0.530 e. The van der Waals surface area contributed by atoms with Gasteiger partial charge in [0.05, 0.1) is 29.9 Å². The van der Waals surface area contributed by atoms with Gasteiger partial charge in [-0.15, -0.1) is 0 Å². The molecule has 0 spiro atoms. The van der Waals surface area contributed by atoms with E-state index in [4.69, 9.17) is 0 Å². The Morgan fingerprint density at radius 3 is 2.32 bits per heavy atom. The predicted molar refractivity (Wildman–Crippen MR) is 145 cm³/mol. The van der Waals surface area contributed by atoms with Crippen molar-refractivity contribution in [2.24, 2.45) is 5.41 Å². The number of aromatic nitrogens is 3. The summed E-state index contributed by atoms with van der Waals surface area (Å²) < 4.78 is 40.4. The lowest BCUT2D eigenvalue weighted by molar-refractivity contribution is -0.275. The molecule has 9 nitrogen and oxygen atoms in total. The average molecular weight is 575 g/mol. The van der Waals surface area contributed by atoms with Crippen LogP contribution in [0.15, 0.2) is 60.9 Å². The van der Waals surface area contributed by atoms with Gasteiger partial charge in [0.1, 0.15) is 11.9 Å². The van der Waals surface area contributed by atoms with E-state index in [-0.39, 0.29) is 18.8 Å². The van der Waals surface area contributed by atoms with E-state index in [2.05, 4.69) is 15.4 Å². The maximum Gasteiger partial charge on any atom is 0.416 e. The molecular formula is C29H35F3N5O4-. The fourth-order valence-electron chi connectivity index (χ4n) is 4.57. The number of alkyl halides is 3. The van der Waals surface area contributed by atoms with E-state index in [1.807, 2.05) is 27.7 Å². The number of amides is 2. The van der Waals surface area contributed by atoms with Gasteiger partial charge in [-0.2, -0.15) is 18.3 Å². The van der Waals surface area contributed by atoms with Crippen LogP contribution in [0.2, 0.25) is 0 Å². The number of aliphatic hydroxyl groups is 1. The van der Waals surface area contributed by atoms with Crippen LogP contribution < -0.4 is 10.4 Å². The SMILES string of the molecule is CCCC[C@@H]([C@@H](O)C(=O)Nc1ccccn1)N(C(=O)[O-])[C@H](Cn1ccc(-c2ccc(C(F)(F)F)cc2)n1)C(C)(C)C. The topological polar surface area (TPSA) is 123 Å². The third-order valence-corrected chi connectivity index (χ3v) is 6.81. The molecule has 222 valence electrons. The van der Waals surface area contributed by atoms with Crippen LogP contribution in [0, 0.1) is 5.41 Å². The number of benzene rings is 1. The molecule has 0 fully saturated rings. The first-order valence-electron chi connectivity index (χ1n) is 13.3. The van der Waals surface area contributed by atoms with E-state index in [0.717, 1.165) is 17.0 Å². The zero-order valence-electron chi connectivity index (χ0n) is 23.4. The monoisotopic (exact) mass is 574 g/mol. The molecule has 0 bridgehead atoms. The Hall–Kier alpha value is -3.93. The van der Waals surface area contributed by atoms with Crippen molar-refractivity contribution < 1.29 is 33.0 Å². The summed E-state index contributed by atoms with van der Waals surface area (Å²) in [7, 11) is 0. The summed E-state index contributed by atoms with van der Waals surface area (Å²) in [6.07, 6.45) is -3.21. The zero-order valence-corrected chi connectivity index (χ0v) is 23.4. The maximum atomic E-state index is 13.0. The number of nitrogens with zero attached hydrogens (tertiary/aromatic N) is 4. The third kappa shape index (κ3) is 8.29. The molecule has 1 aromatic carbocycles. The zero-order chi connectivity index (χ0) is 30.4. The second-order valence-electron chi connectivity index (χ2n) is 10.9. The van der Waals surface area contributed by atoms with Crippen LogP contribution in [0.3, 0.4) is 0 Å². The normalized spacial score (nSPS) is 14.2. The van der Waals surface area contributed by atoms with Gasteiger partial charge in [-0.3, -0.25) is 9.48 Å². The molecule has 2 amide bonds. The minimum Gasteiger partial charge on any atom is -0.530 e. The second-order valence-corrected chi connectivity index (χ2v) is 10.9. The van der Waals surface area contributed by atoms with Crippen LogP contribution in [0.25, 0.3) is 11.3 Å². The quantitative estimate of drug-likeness (QED) is 0.346. The van der Waals surface area contributed by atoms with Gasteiger partial charge in [-0.25, -0.2) is 4.98 Å². The first-order chi connectivity index (χ1) is 19.2. The number of hydrogen-bond donors (Lipinski definition) is 2. The minimum atomic E-state index is -4.46. The van der Waals surface area contributed by atoms with Gasteiger partial charge in [0, 0.05) is 18.0 Å². The summed E-state index contributed by atoms with van der Waals surface area (Å²) >= 11 is 0. The van der Waals surface area contributed by atoms with Gasteiger partial charge < -0.3 is 25.2 Å². The van der Waals surface area contributed by atoms with Crippen LogP contribution in [-0.2, 0) is 17.5 Å². The number of hydrogen-bond acceptors (Lipinski definition) is 6. The Kier molecular flexibility index (Phi) is 10.1. The number of rotatable bonds is 11. The molecule has 0 radical (unpaired) electrons. The highest BCUT2D eigenvalue weighted by molar-refractivity contribution is 5.94. The third-order valence-electron chi connectivity index (χ3n) is 6.81. The molecule has 0 aliphatic heterocycles. The first kappa shape index (κ1) is 31.6. The lowest BCUT2D eigenvalue weighted by Gasteiger charge is -2.47.